The lowest BCUT2D eigenvalue weighted by Crippen LogP contribution is -2.35. The van der Waals surface area contributed by atoms with Crippen molar-refractivity contribution in [3.05, 3.63) is 53.1 Å². The lowest BCUT2D eigenvalue weighted by Gasteiger charge is -2.26. The van der Waals surface area contributed by atoms with Crippen molar-refractivity contribution in [2.24, 2.45) is 0 Å². The summed E-state index contributed by atoms with van der Waals surface area (Å²) in [5.74, 6) is 2.76. The Bertz CT molecular complexity index is 754. The Morgan fingerprint density at radius 2 is 1.56 bits per heavy atom. The summed E-state index contributed by atoms with van der Waals surface area (Å²) >= 11 is 0. The van der Waals surface area contributed by atoms with Gasteiger partial charge in [-0.2, -0.15) is 0 Å². The van der Waals surface area contributed by atoms with Gasteiger partial charge < -0.3 is 14.4 Å². The van der Waals surface area contributed by atoms with E-state index in [-0.39, 0.29) is 5.91 Å². The number of nitrogens with zero attached hydrogens (tertiary/aromatic N) is 1. The van der Waals surface area contributed by atoms with Crippen molar-refractivity contribution < 1.29 is 14.3 Å². The molecule has 0 N–H and O–H groups in total. The van der Waals surface area contributed by atoms with Gasteiger partial charge in [0.15, 0.2) is 0 Å². The maximum atomic E-state index is 12.4. The standard InChI is InChI=1S/C23H29NO3/c1-17-15-19(7-12-22(25)24-13-5-4-6-14-24)16-18(2)23(17)27-21-10-8-20(26-3)9-11-21/h8-11,15-16H,4-7,12-14H2,1-3H3. The first-order chi connectivity index (χ1) is 13.1. The van der Waals surface area contributed by atoms with Crippen LogP contribution in [0.2, 0.25) is 0 Å². The van der Waals surface area contributed by atoms with Crippen molar-refractivity contribution in [2.75, 3.05) is 20.2 Å². The van der Waals surface area contributed by atoms with Gasteiger partial charge in [-0.15, -0.1) is 0 Å². The normalized spacial score (nSPS) is 14.1. The molecule has 0 atom stereocenters. The van der Waals surface area contributed by atoms with Gasteiger partial charge in [0.25, 0.3) is 0 Å². The van der Waals surface area contributed by atoms with Crippen LogP contribution >= 0.6 is 0 Å². The SMILES string of the molecule is COc1ccc(Oc2c(C)cc(CCC(=O)N3CCCCC3)cc2C)cc1. The Kier molecular flexibility index (Phi) is 6.38. The van der Waals surface area contributed by atoms with Gasteiger partial charge in [0.1, 0.15) is 17.2 Å². The van der Waals surface area contributed by atoms with E-state index >= 15 is 0 Å². The molecule has 3 rings (SSSR count). The first-order valence-corrected chi connectivity index (χ1v) is 9.76. The number of methoxy groups -OCH3 is 1. The van der Waals surface area contributed by atoms with Crippen LogP contribution in [0.4, 0.5) is 0 Å². The number of piperidine rings is 1. The third kappa shape index (κ3) is 5.03. The highest BCUT2D eigenvalue weighted by Crippen LogP contribution is 2.31. The van der Waals surface area contributed by atoms with E-state index in [9.17, 15) is 4.79 Å². The summed E-state index contributed by atoms with van der Waals surface area (Å²) in [7, 11) is 1.65. The second kappa shape index (κ2) is 8.94. The van der Waals surface area contributed by atoms with Crippen molar-refractivity contribution >= 4 is 5.91 Å². The van der Waals surface area contributed by atoms with Gasteiger partial charge in [-0.25, -0.2) is 0 Å². The molecule has 2 aromatic rings. The minimum Gasteiger partial charge on any atom is -0.497 e. The number of rotatable bonds is 6. The molecule has 27 heavy (non-hydrogen) atoms. The predicted octanol–water partition coefficient (Wildman–Crippen LogP) is 5.05. The maximum absolute atomic E-state index is 12.4. The number of carbonyl (C=O) groups is 1. The first-order valence-electron chi connectivity index (χ1n) is 9.76. The Labute approximate surface area is 162 Å². The molecule has 0 spiro atoms. The molecule has 1 heterocycles. The number of benzene rings is 2. The van der Waals surface area contributed by atoms with Gasteiger partial charge in [0, 0.05) is 19.5 Å². The zero-order chi connectivity index (χ0) is 19.2. The van der Waals surface area contributed by atoms with E-state index in [1.165, 1.54) is 12.0 Å². The molecule has 0 aromatic heterocycles. The highest BCUT2D eigenvalue weighted by atomic mass is 16.5. The van der Waals surface area contributed by atoms with E-state index in [0.717, 1.165) is 60.7 Å². The van der Waals surface area contributed by atoms with Crippen LogP contribution in [-0.4, -0.2) is 31.0 Å². The molecule has 2 aromatic carbocycles. The third-order valence-corrected chi connectivity index (χ3v) is 5.14. The van der Waals surface area contributed by atoms with Gasteiger partial charge in [-0.05, 0) is 80.5 Å². The fourth-order valence-electron chi connectivity index (χ4n) is 3.66. The van der Waals surface area contributed by atoms with Crippen LogP contribution in [0.25, 0.3) is 0 Å². The molecular weight excluding hydrogens is 338 g/mol. The molecule has 1 aliphatic heterocycles. The zero-order valence-corrected chi connectivity index (χ0v) is 16.6. The van der Waals surface area contributed by atoms with E-state index < -0.39 is 0 Å². The molecule has 144 valence electrons. The number of hydrogen-bond acceptors (Lipinski definition) is 3. The summed E-state index contributed by atoms with van der Waals surface area (Å²) in [6.45, 7) is 5.96. The van der Waals surface area contributed by atoms with E-state index in [1.807, 2.05) is 29.2 Å². The second-order valence-electron chi connectivity index (χ2n) is 7.28. The summed E-state index contributed by atoms with van der Waals surface area (Å²) in [6, 6.07) is 11.9. The smallest absolute Gasteiger partial charge is 0.222 e. The Hall–Kier alpha value is -2.49. The van der Waals surface area contributed by atoms with Crippen molar-refractivity contribution in [3.8, 4) is 17.2 Å². The summed E-state index contributed by atoms with van der Waals surface area (Å²) in [6.07, 6.45) is 4.89. The van der Waals surface area contributed by atoms with Crippen LogP contribution in [0.5, 0.6) is 17.2 Å². The van der Waals surface area contributed by atoms with Gasteiger partial charge in [0.2, 0.25) is 5.91 Å². The molecule has 0 unspecified atom stereocenters. The summed E-state index contributed by atoms with van der Waals surface area (Å²) in [5.41, 5.74) is 3.37. The number of aryl methyl sites for hydroxylation is 3. The summed E-state index contributed by atoms with van der Waals surface area (Å²) in [5, 5.41) is 0. The fraction of sp³-hybridized carbons (Fsp3) is 0.435. The Morgan fingerprint density at radius 3 is 2.15 bits per heavy atom. The molecule has 0 bridgehead atoms. The van der Waals surface area contributed by atoms with E-state index in [1.54, 1.807) is 7.11 Å². The molecule has 4 heteroatoms. The van der Waals surface area contributed by atoms with Crippen LogP contribution < -0.4 is 9.47 Å². The van der Waals surface area contributed by atoms with Crippen molar-refractivity contribution in [1.29, 1.82) is 0 Å². The molecule has 1 fully saturated rings. The van der Waals surface area contributed by atoms with Crippen LogP contribution in [0.1, 0.15) is 42.4 Å². The van der Waals surface area contributed by atoms with Crippen LogP contribution in [-0.2, 0) is 11.2 Å². The molecule has 1 aliphatic rings. The number of amides is 1. The van der Waals surface area contributed by atoms with Crippen LogP contribution in [0, 0.1) is 13.8 Å². The summed E-state index contributed by atoms with van der Waals surface area (Å²) < 4.78 is 11.3. The second-order valence-corrected chi connectivity index (χ2v) is 7.28. The number of ether oxygens (including phenoxy) is 2. The predicted molar refractivity (Wildman–Crippen MR) is 108 cm³/mol. The average molecular weight is 367 g/mol. The van der Waals surface area contributed by atoms with Gasteiger partial charge in [0.05, 0.1) is 7.11 Å². The lowest BCUT2D eigenvalue weighted by molar-refractivity contribution is -0.132. The highest BCUT2D eigenvalue weighted by molar-refractivity contribution is 5.76. The van der Waals surface area contributed by atoms with E-state index in [2.05, 4.69) is 26.0 Å². The maximum Gasteiger partial charge on any atom is 0.222 e. The fourth-order valence-corrected chi connectivity index (χ4v) is 3.66. The topological polar surface area (TPSA) is 38.8 Å². The Morgan fingerprint density at radius 1 is 0.963 bits per heavy atom. The molecular formula is C23H29NO3. The molecule has 4 nitrogen and oxygen atoms in total. The number of carbonyl (C=O) groups excluding carboxylic acids is 1. The van der Waals surface area contributed by atoms with E-state index in [0.29, 0.717) is 6.42 Å². The van der Waals surface area contributed by atoms with Crippen molar-refractivity contribution in [3.63, 3.8) is 0 Å². The minimum absolute atomic E-state index is 0.281. The third-order valence-electron chi connectivity index (χ3n) is 5.14. The van der Waals surface area contributed by atoms with E-state index in [4.69, 9.17) is 9.47 Å². The first kappa shape index (κ1) is 19.3. The molecule has 0 saturated carbocycles. The van der Waals surface area contributed by atoms with Gasteiger partial charge >= 0.3 is 0 Å². The lowest BCUT2D eigenvalue weighted by atomic mass is 10.0. The van der Waals surface area contributed by atoms with Gasteiger partial charge in [-0.1, -0.05) is 12.1 Å². The molecule has 0 aliphatic carbocycles. The zero-order valence-electron chi connectivity index (χ0n) is 16.6. The number of hydrogen-bond donors (Lipinski definition) is 0. The monoisotopic (exact) mass is 367 g/mol. The number of likely N-dealkylation sites (tertiary alicyclic amines) is 1. The largest absolute Gasteiger partial charge is 0.497 e. The molecule has 0 radical (unpaired) electrons. The average Bonchev–Trinajstić information content (AvgIpc) is 2.70. The highest BCUT2D eigenvalue weighted by Gasteiger charge is 2.16. The quantitative estimate of drug-likeness (QED) is 0.717. The summed E-state index contributed by atoms with van der Waals surface area (Å²) in [4.78, 5) is 14.4. The van der Waals surface area contributed by atoms with Crippen molar-refractivity contribution in [1.82, 2.24) is 4.90 Å². The Balaban J connectivity index is 1.64. The molecule has 1 saturated heterocycles. The van der Waals surface area contributed by atoms with Crippen molar-refractivity contribution in [2.45, 2.75) is 46.0 Å². The van der Waals surface area contributed by atoms with Crippen LogP contribution in [0.3, 0.4) is 0 Å². The van der Waals surface area contributed by atoms with Crippen LogP contribution in [0.15, 0.2) is 36.4 Å². The van der Waals surface area contributed by atoms with Gasteiger partial charge in [-0.3, -0.25) is 4.79 Å². The molecule has 1 amide bonds. The minimum atomic E-state index is 0.281.